The molecule has 26 heavy (non-hydrogen) atoms. The van der Waals surface area contributed by atoms with Gasteiger partial charge in [0.15, 0.2) is 0 Å². The second kappa shape index (κ2) is 7.95. The van der Waals surface area contributed by atoms with Crippen LogP contribution in [0.15, 0.2) is 0 Å². The Morgan fingerprint density at radius 2 is 1.73 bits per heavy atom. The van der Waals surface area contributed by atoms with E-state index in [1.807, 2.05) is 13.8 Å². The van der Waals surface area contributed by atoms with E-state index in [0.717, 1.165) is 19.3 Å². The number of hydrogen-bond acceptors (Lipinski definition) is 6. The fourth-order valence-corrected chi connectivity index (χ4v) is 3.65. The van der Waals surface area contributed by atoms with E-state index < -0.39 is 23.6 Å². The summed E-state index contributed by atoms with van der Waals surface area (Å²) in [5.41, 5.74) is -1.31. The minimum Gasteiger partial charge on any atom is -0.462 e. The number of esters is 1. The first-order chi connectivity index (χ1) is 12.0. The first-order valence-electron chi connectivity index (χ1n) is 9.72. The van der Waals surface area contributed by atoms with Gasteiger partial charge < -0.3 is 19.7 Å². The molecule has 0 aromatic heterocycles. The summed E-state index contributed by atoms with van der Waals surface area (Å²) < 4.78 is 11.2. The second-order valence-corrected chi connectivity index (χ2v) is 8.96. The van der Waals surface area contributed by atoms with E-state index in [2.05, 4.69) is 6.92 Å². The van der Waals surface area contributed by atoms with Gasteiger partial charge in [0.2, 0.25) is 0 Å². The van der Waals surface area contributed by atoms with Gasteiger partial charge >= 0.3 is 5.97 Å². The van der Waals surface area contributed by atoms with Crippen molar-refractivity contribution >= 4 is 11.8 Å². The number of carbonyl (C=O) groups is 2. The summed E-state index contributed by atoms with van der Waals surface area (Å²) in [5, 5.41) is 20.8. The van der Waals surface area contributed by atoms with Crippen LogP contribution in [0.1, 0.15) is 73.1 Å². The molecule has 2 fully saturated rings. The maximum absolute atomic E-state index is 12.6. The molecule has 0 saturated carbocycles. The predicted molar refractivity (Wildman–Crippen MR) is 96.5 cm³/mol. The minimum atomic E-state index is -1.15. The molecule has 0 bridgehead atoms. The molecule has 0 aliphatic carbocycles. The van der Waals surface area contributed by atoms with Crippen LogP contribution in [0, 0.1) is 11.3 Å². The van der Waals surface area contributed by atoms with Crippen LogP contribution in [0.4, 0.5) is 0 Å². The van der Waals surface area contributed by atoms with Gasteiger partial charge in [-0.15, -0.1) is 0 Å². The van der Waals surface area contributed by atoms with Gasteiger partial charge in [0, 0.05) is 18.3 Å². The lowest BCUT2D eigenvalue weighted by Crippen LogP contribution is -2.41. The van der Waals surface area contributed by atoms with E-state index in [0.29, 0.717) is 6.42 Å². The highest BCUT2D eigenvalue weighted by molar-refractivity contribution is 5.86. The molecule has 0 amide bonds. The second-order valence-electron chi connectivity index (χ2n) is 8.96. The molecule has 2 heterocycles. The molecule has 2 rings (SSSR count). The molecule has 6 nitrogen and oxygen atoms in total. The summed E-state index contributed by atoms with van der Waals surface area (Å²) >= 11 is 0. The van der Waals surface area contributed by atoms with Crippen LogP contribution in [0.25, 0.3) is 0 Å². The van der Waals surface area contributed by atoms with Crippen LogP contribution in [0.5, 0.6) is 0 Å². The number of aliphatic hydroxyl groups is 2. The lowest BCUT2D eigenvalue weighted by Gasteiger charge is -2.30. The van der Waals surface area contributed by atoms with E-state index in [1.165, 1.54) is 0 Å². The highest BCUT2D eigenvalue weighted by atomic mass is 16.6. The largest absolute Gasteiger partial charge is 0.462 e. The van der Waals surface area contributed by atoms with E-state index in [1.54, 1.807) is 13.8 Å². The number of rotatable bonds is 0. The average molecular weight is 370 g/mol. The first kappa shape index (κ1) is 21.3. The molecule has 2 saturated heterocycles. The summed E-state index contributed by atoms with van der Waals surface area (Å²) in [6.07, 6.45) is 0.838. The number of ether oxygens (including phenoxy) is 2. The van der Waals surface area contributed by atoms with Crippen LogP contribution in [-0.4, -0.2) is 52.0 Å². The van der Waals surface area contributed by atoms with Crippen molar-refractivity contribution in [1.82, 2.24) is 0 Å². The molecule has 0 aromatic rings. The number of fused-ring (bicyclic) bond motifs is 1. The van der Waals surface area contributed by atoms with E-state index in [4.69, 9.17) is 9.47 Å². The molecule has 6 unspecified atom stereocenters. The fourth-order valence-electron chi connectivity index (χ4n) is 3.65. The molecule has 0 aromatic carbocycles. The van der Waals surface area contributed by atoms with Crippen molar-refractivity contribution in [2.24, 2.45) is 11.3 Å². The van der Waals surface area contributed by atoms with Gasteiger partial charge in [-0.1, -0.05) is 27.2 Å². The number of carbonyl (C=O) groups excluding carboxylic acids is 2. The summed E-state index contributed by atoms with van der Waals surface area (Å²) in [7, 11) is 0. The smallest absolute Gasteiger partial charge is 0.308 e. The van der Waals surface area contributed by atoms with Gasteiger partial charge in [0.05, 0.1) is 30.3 Å². The SMILES string of the molecule is CC1CC2OC2(C)CCCC(C)C(O)CC(=O)C(C)(C)C(O)CC(=O)O1. The van der Waals surface area contributed by atoms with Gasteiger partial charge in [-0.3, -0.25) is 9.59 Å². The number of hydrogen-bond donors (Lipinski definition) is 2. The monoisotopic (exact) mass is 370 g/mol. The maximum atomic E-state index is 12.6. The number of cyclic esters (lactones) is 1. The molecule has 2 N–H and O–H groups in total. The minimum absolute atomic E-state index is 0.00973. The van der Waals surface area contributed by atoms with Gasteiger partial charge in [0.25, 0.3) is 0 Å². The number of epoxide rings is 1. The number of Topliss-reactive ketones (excluding diaryl/α,β-unsaturated/α-hetero) is 1. The van der Waals surface area contributed by atoms with Crippen molar-refractivity contribution in [3.63, 3.8) is 0 Å². The topological polar surface area (TPSA) is 96.4 Å². The molecule has 0 spiro atoms. The van der Waals surface area contributed by atoms with Crippen molar-refractivity contribution in [3.05, 3.63) is 0 Å². The summed E-state index contributed by atoms with van der Waals surface area (Å²) in [4.78, 5) is 24.7. The Labute approximate surface area is 156 Å². The van der Waals surface area contributed by atoms with Crippen molar-refractivity contribution in [2.45, 2.75) is 103 Å². The third-order valence-corrected chi connectivity index (χ3v) is 6.21. The molecule has 2 aliphatic rings. The summed E-state index contributed by atoms with van der Waals surface area (Å²) in [5.74, 6) is -0.770. The first-order valence-corrected chi connectivity index (χ1v) is 9.72. The lowest BCUT2D eigenvalue weighted by molar-refractivity contribution is -0.154. The Morgan fingerprint density at radius 3 is 2.38 bits per heavy atom. The van der Waals surface area contributed by atoms with Gasteiger partial charge in [0.1, 0.15) is 11.9 Å². The van der Waals surface area contributed by atoms with Crippen molar-refractivity contribution in [1.29, 1.82) is 0 Å². The highest BCUT2D eigenvalue weighted by Crippen LogP contribution is 2.44. The van der Waals surface area contributed by atoms with Crippen molar-refractivity contribution in [2.75, 3.05) is 0 Å². The Balaban J connectivity index is 2.10. The van der Waals surface area contributed by atoms with E-state index in [-0.39, 0.29) is 42.4 Å². The quantitative estimate of drug-likeness (QED) is 0.502. The normalized spacial score (nSPS) is 42.7. The Kier molecular flexibility index (Phi) is 6.52. The molecule has 0 radical (unpaired) electrons. The van der Waals surface area contributed by atoms with Crippen LogP contribution in [0.2, 0.25) is 0 Å². The standard InChI is InChI=1S/C20H34O6/c1-12-7-6-8-20(5)17(26-20)9-13(2)25-18(24)11-16(23)19(3,4)15(22)10-14(12)21/h12-14,16-17,21,23H,6-11H2,1-5H3. The predicted octanol–water partition coefficient (Wildman–Crippen LogP) is 2.38. The van der Waals surface area contributed by atoms with Gasteiger partial charge in [-0.05, 0) is 32.6 Å². The van der Waals surface area contributed by atoms with E-state index in [9.17, 15) is 19.8 Å². The summed E-state index contributed by atoms with van der Waals surface area (Å²) in [6.45, 7) is 9.05. The van der Waals surface area contributed by atoms with Crippen LogP contribution in [-0.2, 0) is 19.1 Å². The van der Waals surface area contributed by atoms with Crippen LogP contribution < -0.4 is 0 Å². The fraction of sp³-hybridized carbons (Fsp3) is 0.900. The molecular weight excluding hydrogens is 336 g/mol. The maximum Gasteiger partial charge on any atom is 0.308 e. The Bertz CT molecular complexity index is 530. The molecule has 150 valence electrons. The average Bonchev–Trinajstić information content (AvgIpc) is 3.14. The Hall–Kier alpha value is -0.980. The number of aliphatic hydroxyl groups excluding tert-OH is 2. The molecule has 6 atom stereocenters. The molecule has 6 heteroatoms. The van der Waals surface area contributed by atoms with Crippen LogP contribution >= 0.6 is 0 Å². The highest BCUT2D eigenvalue weighted by Gasteiger charge is 2.52. The molecular formula is C20H34O6. The van der Waals surface area contributed by atoms with Gasteiger partial charge in [-0.25, -0.2) is 0 Å². The third kappa shape index (κ3) is 5.05. The zero-order chi connectivity index (χ0) is 19.7. The zero-order valence-corrected chi connectivity index (χ0v) is 16.7. The van der Waals surface area contributed by atoms with Crippen molar-refractivity contribution in [3.8, 4) is 0 Å². The Morgan fingerprint density at radius 1 is 1.08 bits per heavy atom. The zero-order valence-electron chi connectivity index (χ0n) is 16.7. The summed E-state index contributed by atoms with van der Waals surface area (Å²) in [6, 6.07) is 0. The van der Waals surface area contributed by atoms with Gasteiger partial charge in [-0.2, -0.15) is 0 Å². The van der Waals surface area contributed by atoms with E-state index >= 15 is 0 Å². The number of ketones is 1. The lowest BCUT2D eigenvalue weighted by atomic mass is 9.77. The molecule has 2 aliphatic heterocycles. The third-order valence-electron chi connectivity index (χ3n) is 6.21. The van der Waals surface area contributed by atoms with Crippen LogP contribution in [0.3, 0.4) is 0 Å². The van der Waals surface area contributed by atoms with Crippen molar-refractivity contribution < 1.29 is 29.3 Å².